The number of fused-ring (bicyclic) bond motifs is 2. The summed E-state index contributed by atoms with van der Waals surface area (Å²) in [7, 11) is 1.61. The molecule has 1 amide bonds. The maximum atomic E-state index is 13.0. The van der Waals surface area contributed by atoms with E-state index in [2.05, 4.69) is 10.5 Å². The van der Waals surface area contributed by atoms with Crippen LogP contribution >= 0.6 is 0 Å². The number of benzene rings is 3. The second-order valence-corrected chi connectivity index (χ2v) is 7.08. The van der Waals surface area contributed by atoms with Gasteiger partial charge in [-0.15, -0.1) is 0 Å². The molecule has 7 heteroatoms. The molecule has 0 spiro atoms. The lowest BCUT2D eigenvalue weighted by molar-refractivity contribution is 0.0956. The van der Waals surface area contributed by atoms with Gasteiger partial charge in [0.05, 0.1) is 30.1 Å². The number of carbonyl (C=O) groups excluding carboxylic acids is 1. The molecule has 1 N–H and O–H groups in total. The first-order valence-corrected chi connectivity index (χ1v) is 9.99. The van der Waals surface area contributed by atoms with E-state index in [-0.39, 0.29) is 12.7 Å². The first kappa shape index (κ1) is 19.6. The Morgan fingerprint density at radius 2 is 1.84 bits per heavy atom. The van der Waals surface area contributed by atoms with Crippen LogP contribution in [0.2, 0.25) is 0 Å². The third-order valence-electron chi connectivity index (χ3n) is 5.12. The highest BCUT2D eigenvalue weighted by atomic mass is 16.7. The minimum absolute atomic E-state index is 0.205. The molecular formula is C25H19N3O4. The van der Waals surface area contributed by atoms with Crippen molar-refractivity contribution in [3.8, 4) is 28.5 Å². The number of ether oxygens (including phenoxy) is 3. The predicted molar refractivity (Wildman–Crippen MR) is 121 cm³/mol. The largest absolute Gasteiger partial charge is 0.496 e. The average molecular weight is 425 g/mol. The van der Waals surface area contributed by atoms with E-state index in [4.69, 9.17) is 19.2 Å². The summed E-state index contributed by atoms with van der Waals surface area (Å²) in [6, 6.07) is 22.3. The van der Waals surface area contributed by atoms with Crippen LogP contribution in [0.15, 0.2) is 77.9 Å². The number of nitrogens with one attached hydrogen (secondary N) is 1. The first-order chi connectivity index (χ1) is 15.7. The van der Waals surface area contributed by atoms with Crippen LogP contribution in [-0.2, 0) is 0 Å². The Hall–Kier alpha value is -4.39. The quantitative estimate of drug-likeness (QED) is 0.379. The number of hydrazone groups is 1. The van der Waals surface area contributed by atoms with Crippen LogP contribution < -0.4 is 19.6 Å². The highest BCUT2D eigenvalue weighted by Crippen LogP contribution is 2.32. The minimum atomic E-state index is -0.336. The number of amides is 1. The molecule has 0 atom stereocenters. The van der Waals surface area contributed by atoms with E-state index in [1.54, 1.807) is 31.5 Å². The molecule has 7 nitrogen and oxygen atoms in total. The number of nitrogens with zero attached hydrogens (tertiary/aromatic N) is 2. The van der Waals surface area contributed by atoms with Crippen LogP contribution in [-0.4, -0.2) is 31.0 Å². The van der Waals surface area contributed by atoms with Crippen molar-refractivity contribution < 1.29 is 19.0 Å². The fourth-order valence-electron chi connectivity index (χ4n) is 3.58. The van der Waals surface area contributed by atoms with E-state index in [1.807, 2.05) is 54.6 Å². The molecule has 0 fully saturated rings. The van der Waals surface area contributed by atoms with Crippen LogP contribution in [0.25, 0.3) is 22.2 Å². The molecule has 158 valence electrons. The zero-order valence-electron chi connectivity index (χ0n) is 17.2. The maximum Gasteiger partial charge on any atom is 0.272 e. The highest BCUT2D eigenvalue weighted by molar-refractivity contribution is 6.07. The molecule has 0 radical (unpaired) electrons. The number of hydrogen-bond donors (Lipinski definition) is 1. The zero-order valence-corrected chi connectivity index (χ0v) is 17.2. The highest BCUT2D eigenvalue weighted by Gasteiger charge is 2.16. The van der Waals surface area contributed by atoms with Crippen LogP contribution in [0.3, 0.4) is 0 Å². The fourth-order valence-corrected chi connectivity index (χ4v) is 3.58. The molecule has 0 saturated carbocycles. The number of para-hydroxylation sites is 2. The summed E-state index contributed by atoms with van der Waals surface area (Å²) < 4.78 is 16.2. The lowest BCUT2D eigenvalue weighted by Gasteiger charge is -2.11. The molecule has 0 unspecified atom stereocenters. The lowest BCUT2D eigenvalue weighted by Crippen LogP contribution is -2.18. The van der Waals surface area contributed by atoms with Crippen molar-refractivity contribution in [2.75, 3.05) is 13.9 Å². The van der Waals surface area contributed by atoms with Gasteiger partial charge in [0.2, 0.25) is 6.79 Å². The van der Waals surface area contributed by atoms with Crippen molar-refractivity contribution in [2.45, 2.75) is 0 Å². The molecule has 2 heterocycles. The second kappa shape index (κ2) is 8.39. The first-order valence-electron chi connectivity index (χ1n) is 9.99. The van der Waals surface area contributed by atoms with Gasteiger partial charge in [0.25, 0.3) is 5.91 Å². The van der Waals surface area contributed by atoms with E-state index in [1.165, 1.54) is 0 Å². The van der Waals surface area contributed by atoms with E-state index in [9.17, 15) is 4.79 Å². The maximum absolute atomic E-state index is 13.0. The SMILES string of the molecule is COc1ccccc1-c1cc(C(=O)N/N=C/c2ccc3c(c2)OCO3)c2ccccc2n1. The standard InChI is InChI=1S/C25H19N3O4/c1-30-22-9-5-3-7-18(22)21-13-19(17-6-2-4-8-20(17)27-21)25(29)28-26-14-16-10-11-23-24(12-16)32-15-31-23/h2-14H,15H2,1H3,(H,28,29)/b26-14+. The fraction of sp³-hybridized carbons (Fsp3) is 0.0800. The van der Waals surface area contributed by atoms with Gasteiger partial charge >= 0.3 is 0 Å². The molecule has 1 aliphatic rings. The minimum Gasteiger partial charge on any atom is -0.496 e. The monoisotopic (exact) mass is 425 g/mol. The Bertz CT molecular complexity index is 1350. The van der Waals surface area contributed by atoms with Crippen molar-refractivity contribution >= 4 is 23.0 Å². The summed E-state index contributed by atoms with van der Waals surface area (Å²) >= 11 is 0. The summed E-state index contributed by atoms with van der Waals surface area (Å²) in [5.74, 6) is 1.69. The van der Waals surface area contributed by atoms with Crippen molar-refractivity contribution in [3.63, 3.8) is 0 Å². The average Bonchev–Trinajstić information content (AvgIpc) is 3.31. The van der Waals surface area contributed by atoms with E-state index >= 15 is 0 Å². The van der Waals surface area contributed by atoms with Gasteiger partial charge in [0, 0.05) is 10.9 Å². The molecule has 0 aliphatic carbocycles. The molecular weight excluding hydrogens is 406 g/mol. The van der Waals surface area contributed by atoms with E-state index in [0.717, 1.165) is 16.5 Å². The Morgan fingerprint density at radius 3 is 2.75 bits per heavy atom. The van der Waals surface area contributed by atoms with Gasteiger partial charge in [-0.05, 0) is 48.0 Å². The Kier molecular flexibility index (Phi) is 5.13. The molecule has 0 bridgehead atoms. The summed E-state index contributed by atoms with van der Waals surface area (Å²) in [6.07, 6.45) is 1.56. The van der Waals surface area contributed by atoms with Gasteiger partial charge in [-0.1, -0.05) is 30.3 Å². The number of hydrogen-bond acceptors (Lipinski definition) is 6. The van der Waals surface area contributed by atoms with Crippen molar-refractivity contribution in [1.82, 2.24) is 10.4 Å². The second-order valence-electron chi connectivity index (χ2n) is 7.08. The Labute approximate surface area is 184 Å². The van der Waals surface area contributed by atoms with Crippen LogP contribution in [0, 0.1) is 0 Å². The topological polar surface area (TPSA) is 82.0 Å². The van der Waals surface area contributed by atoms with Gasteiger partial charge in [-0.2, -0.15) is 5.10 Å². The zero-order chi connectivity index (χ0) is 21.9. The van der Waals surface area contributed by atoms with Crippen LogP contribution in [0.1, 0.15) is 15.9 Å². The molecule has 1 aliphatic heterocycles. The summed E-state index contributed by atoms with van der Waals surface area (Å²) in [5, 5.41) is 4.86. The van der Waals surface area contributed by atoms with Crippen LogP contribution in [0.5, 0.6) is 17.2 Å². The lowest BCUT2D eigenvalue weighted by atomic mass is 10.0. The van der Waals surface area contributed by atoms with Gasteiger partial charge in [0.1, 0.15) is 5.75 Å². The number of pyridine rings is 1. The molecule has 0 saturated heterocycles. The van der Waals surface area contributed by atoms with Gasteiger partial charge in [-0.25, -0.2) is 10.4 Å². The predicted octanol–water partition coefficient (Wildman–Crippen LogP) is 4.40. The van der Waals surface area contributed by atoms with Crippen LogP contribution in [0.4, 0.5) is 0 Å². The number of aromatic nitrogens is 1. The Balaban J connectivity index is 1.46. The summed E-state index contributed by atoms with van der Waals surface area (Å²) in [6.45, 7) is 0.205. The van der Waals surface area contributed by atoms with Crippen molar-refractivity contribution in [1.29, 1.82) is 0 Å². The molecule has 1 aromatic heterocycles. The molecule has 3 aromatic carbocycles. The number of carbonyl (C=O) groups is 1. The normalized spacial score (nSPS) is 12.3. The summed E-state index contributed by atoms with van der Waals surface area (Å²) in [5.41, 5.74) is 6.02. The van der Waals surface area contributed by atoms with Gasteiger partial charge in [-0.3, -0.25) is 4.79 Å². The van der Waals surface area contributed by atoms with E-state index in [0.29, 0.717) is 34.0 Å². The van der Waals surface area contributed by atoms with Crippen molar-refractivity contribution in [3.05, 3.63) is 83.9 Å². The third-order valence-corrected chi connectivity index (χ3v) is 5.12. The van der Waals surface area contributed by atoms with Crippen molar-refractivity contribution in [2.24, 2.45) is 5.10 Å². The molecule has 4 aromatic rings. The smallest absolute Gasteiger partial charge is 0.272 e. The third kappa shape index (κ3) is 3.72. The van der Waals surface area contributed by atoms with Gasteiger partial charge < -0.3 is 14.2 Å². The Morgan fingerprint density at radius 1 is 1.03 bits per heavy atom. The molecule has 32 heavy (non-hydrogen) atoms. The molecule has 5 rings (SSSR count). The summed E-state index contributed by atoms with van der Waals surface area (Å²) in [4.78, 5) is 17.8. The number of methoxy groups -OCH3 is 1. The number of rotatable bonds is 5. The van der Waals surface area contributed by atoms with Gasteiger partial charge in [0.15, 0.2) is 11.5 Å². The van der Waals surface area contributed by atoms with E-state index < -0.39 is 0 Å².